The highest BCUT2D eigenvalue weighted by Gasteiger charge is 2.21. The molecule has 0 bridgehead atoms. The van der Waals surface area contributed by atoms with Gasteiger partial charge in [-0.2, -0.15) is 0 Å². The number of carbonyl (C=O) groups is 1. The van der Waals surface area contributed by atoms with Gasteiger partial charge in [0.05, 0.1) is 18.9 Å². The minimum atomic E-state index is -0.883. The zero-order valence-corrected chi connectivity index (χ0v) is 9.23. The molecule has 0 saturated carbocycles. The second-order valence-electron chi connectivity index (χ2n) is 3.76. The van der Waals surface area contributed by atoms with Crippen LogP contribution in [0, 0.1) is 6.92 Å². The second-order valence-corrected chi connectivity index (χ2v) is 3.76. The molecule has 16 heavy (non-hydrogen) atoms. The van der Waals surface area contributed by atoms with Crippen LogP contribution in [-0.4, -0.2) is 34.6 Å². The van der Waals surface area contributed by atoms with Gasteiger partial charge in [-0.25, -0.2) is 9.97 Å². The minimum Gasteiger partial charge on any atom is -0.480 e. The first-order valence-corrected chi connectivity index (χ1v) is 4.95. The molecule has 1 N–H and O–H groups in total. The highest BCUT2D eigenvalue weighted by atomic mass is 16.5. The Balaban J connectivity index is 2.36. The number of nitrogens with zero attached hydrogens (tertiary/aromatic N) is 3. The van der Waals surface area contributed by atoms with E-state index in [1.807, 2.05) is 0 Å². The number of hydrogen-bond donors (Lipinski definition) is 1. The van der Waals surface area contributed by atoms with E-state index in [0.29, 0.717) is 24.9 Å². The largest absolute Gasteiger partial charge is 0.480 e. The van der Waals surface area contributed by atoms with E-state index < -0.39 is 5.97 Å². The first-order chi connectivity index (χ1) is 7.58. The molecular weight excluding hydrogens is 210 g/mol. The molecule has 1 aromatic rings. The zero-order chi connectivity index (χ0) is 11.7. The first kappa shape index (κ1) is 10.8. The van der Waals surface area contributed by atoms with Crippen molar-refractivity contribution in [2.45, 2.75) is 20.1 Å². The van der Waals surface area contributed by atoms with Gasteiger partial charge in [-0.3, -0.25) is 4.79 Å². The van der Waals surface area contributed by atoms with Crippen molar-refractivity contribution >= 4 is 11.8 Å². The van der Waals surface area contributed by atoms with Crippen LogP contribution in [0.2, 0.25) is 0 Å². The molecule has 0 unspecified atom stereocenters. The van der Waals surface area contributed by atoms with Gasteiger partial charge in [-0.15, -0.1) is 0 Å². The van der Waals surface area contributed by atoms with Gasteiger partial charge < -0.3 is 14.7 Å². The molecule has 0 aliphatic carbocycles. The monoisotopic (exact) mass is 223 g/mol. The van der Waals surface area contributed by atoms with Crippen molar-refractivity contribution in [3.05, 3.63) is 17.1 Å². The summed E-state index contributed by atoms with van der Waals surface area (Å²) < 4.78 is 5.29. The van der Waals surface area contributed by atoms with Gasteiger partial charge >= 0.3 is 5.97 Å². The molecule has 0 saturated heterocycles. The van der Waals surface area contributed by atoms with Crippen LogP contribution in [0.25, 0.3) is 0 Å². The van der Waals surface area contributed by atoms with Crippen LogP contribution in [0.4, 0.5) is 5.82 Å². The van der Waals surface area contributed by atoms with Crippen LogP contribution in [-0.2, 0) is 22.7 Å². The maximum Gasteiger partial charge on any atom is 0.323 e. The quantitative estimate of drug-likeness (QED) is 0.796. The highest BCUT2D eigenvalue weighted by molar-refractivity contribution is 5.73. The van der Waals surface area contributed by atoms with E-state index in [1.165, 1.54) is 0 Å². The average Bonchev–Trinajstić information content (AvgIpc) is 2.62. The molecule has 0 atom stereocenters. The number of likely N-dealkylation sites (N-methyl/N-ethyl adjacent to an activating group) is 1. The summed E-state index contributed by atoms with van der Waals surface area (Å²) in [6.45, 7) is 2.64. The van der Waals surface area contributed by atoms with Crippen LogP contribution in [0.1, 0.15) is 17.1 Å². The Hall–Kier alpha value is -1.69. The number of aliphatic carboxylic acids is 1. The second kappa shape index (κ2) is 4.05. The van der Waals surface area contributed by atoms with E-state index in [1.54, 1.807) is 18.9 Å². The summed E-state index contributed by atoms with van der Waals surface area (Å²) in [6.07, 6.45) is 0. The predicted molar refractivity (Wildman–Crippen MR) is 56.2 cm³/mol. The fraction of sp³-hybridized carbons (Fsp3) is 0.500. The molecule has 1 aliphatic rings. The van der Waals surface area contributed by atoms with Crippen molar-refractivity contribution in [2.24, 2.45) is 0 Å². The lowest BCUT2D eigenvalue weighted by Crippen LogP contribution is -2.27. The molecule has 86 valence electrons. The smallest absolute Gasteiger partial charge is 0.323 e. The topological polar surface area (TPSA) is 75.6 Å². The average molecular weight is 223 g/mol. The molecule has 6 heteroatoms. The summed E-state index contributed by atoms with van der Waals surface area (Å²) in [5.41, 5.74) is 1.76. The molecule has 6 nitrogen and oxygen atoms in total. The number of rotatable bonds is 3. The summed E-state index contributed by atoms with van der Waals surface area (Å²) in [7, 11) is 1.70. The molecule has 2 heterocycles. The van der Waals surface area contributed by atoms with Gasteiger partial charge in [-0.1, -0.05) is 0 Å². The summed E-state index contributed by atoms with van der Waals surface area (Å²) in [4.78, 5) is 20.8. The zero-order valence-electron chi connectivity index (χ0n) is 9.23. The minimum absolute atomic E-state index is 0.0805. The van der Waals surface area contributed by atoms with Crippen molar-refractivity contribution in [2.75, 3.05) is 18.5 Å². The fourth-order valence-corrected chi connectivity index (χ4v) is 1.75. The molecule has 0 fully saturated rings. The number of fused-ring (bicyclic) bond motifs is 1. The van der Waals surface area contributed by atoms with Crippen LogP contribution in [0.5, 0.6) is 0 Å². The third kappa shape index (κ3) is 1.96. The SMILES string of the molecule is Cc1nc2c(c(N(C)CC(=O)O)n1)COC2. The Morgan fingerprint density at radius 3 is 2.94 bits per heavy atom. The Morgan fingerprint density at radius 1 is 1.50 bits per heavy atom. The number of carboxylic acid groups (broad SMARTS) is 1. The molecule has 0 aromatic carbocycles. The van der Waals surface area contributed by atoms with Crippen LogP contribution >= 0.6 is 0 Å². The summed E-state index contributed by atoms with van der Waals surface area (Å²) >= 11 is 0. The van der Waals surface area contributed by atoms with Gasteiger partial charge in [0.15, 0.2) is 0 Å². The summed E-state index contributed by atoms with van der Waals surface area (Å²) in [6, 6.07) is 0. The third-order valence-corrected chi connectivity index (χ3v) is 2.40. The lowest BCUT2D eigenvalue weighted by Gasteiger charge is -2.18. The van der Waals surface area contributed by atoms with Crippen LogP contribution in [0.3, 0.4) is 0 Å². The van der Waals surface area contributed by atoms with Gasteiger partial charge in [0.2, 0.25) is 0 Å². The lowest BCUT2D eigenvalue weighted by atomic mass is 10.2. The maximum absolute atomic E-state index is 10.7. The molecule has 1 aromatic heterocycles. The van der Waals surface area contributed by atoms with Crippen molar-refractivity contribution < 1.29 is 14.6 Å². The Morgan fingerprint density at radius 2 is 2.25 bits per heavy atom. The molecule has 0 amide bonds. The molecule has 0 spiro atoms. The normalized spacial score (nSPS) is 13.6. The van der Waals surface area contributed by atoms with E-state index in [2.05, 4.69) is 9.97 Å². The Kier molecular flexibility index (Phi) is 2.74. The number of ether oxygens (including phenoxy) is 1. The summed E-state index contributed by atoms with van der Waals surface area (Å²) in [5, 5.41) is 8.75. The lowest BCUT2D eigenvalue weighted by molar-refractivity contribution is -0.135. The van der Waals surface area contributed by atoms with Crippen LogP contribution < -0.4 is 4.90 Å². The number of aromatic nitrogens is 2. The fourth-order valence-electron chi connectivity index (χ4n) is 1.75. The van der Waals surface area contributed by atoms with E-state index in [-0.39, 0.29) is 6.54 Å². The molecule has 2 rings (SSSR count). The number of hydrogen-bond acceptors (Lipinski definition) is 5. The molecular formula is C10H13N3O3. The van der Waals surface area contributed by atoms with E-state index >= 15 is 0 Å². The maximum atomic E-state index is 10.7. The molecule has 1 aliphatic heterocycles. The third-order valence-electron chi connectivity index (χ3n) is 2.40. The van der Waals surface area contributed by atoms with Gasteiger partial charge in [0, 0.05) is 12.6 Å². The number of carboxylic acids is 1. The molecule has 0 radical (unpaired) electrons. The van der Waals surface area contributed by atoms with Gasteiger partial charge in [0.25, 0.3) is 0 Å². The van der Waals surface area contributed by atoms with Crippen LogP contribution in [0.15, 0.2) is 0 Å². The van der Waals surface area contributed by atoms with E-state index in [9.17, 15) is 4.79 Å². The van der Waals surface area contributed by atoms with Crippen molar-refractivity contribution in [1.82, 2.24) is 9.97 Å². The number of anilines is 1. The summed E-state index contributed by atoms with van der Waals surface area (Å²) in [5.74, 6) is 0.408. The van der Waals surface area contributed by atoms with E-state index in [0.717, 1.165) is 11.3 Å². The Labute approximate surface area is 92.9 Å². The highest BCUT2D eigenvalue weighted by Crippen LogP contribution is 2.26. The van der Waals surface area contributed by atoms with Crippen molar-refractivity contribution in [3.63, 3.8) is 0 Å². The van der Waals surface area contributed by atoms with Gasteiger partial charge in [-0.05, 0) is 6.92 Å². The van der Waals surface area contributed by atoms with Gasteiger partial charge in [0.1, 0.15) is 18.2 Å². The van der Waals surface area contributed by atoms with Crippen molar-refractivity contribution in [3.8, 4) is 0 Å². The predicted octanol–water partition coefficient (Wildman–Crippen LogP) is 0.336. The van der Waals surface area contributed by atoms with E-state index in [4.69, 9.17) is 9.84 Å². The number of aryl methyl sites for hydroxylation is 1. The first-order valence-electron chi connectivity index (χ1n) is 4.95. The Bertz CT molecular complexity index is 434. The standard InChI is InChI=1S/C10H13N3O3/c1-6-11-8-5-16-4-7(8)10(12-6)13(2)3-9(14)15/h3-5H2,1-2H3,(H,14,15). The van der Waals surface area contributed by atoms with Crippen molar-refractivity contribution in [1.29, 1.82) is 0 Å².